The van der Waals surface area contributed by atoms with Crippen LogP contribution in [-0.2, 0) is 6.42 Å². The third kappa shape index (κ3) is 4.50. The number of rotatable bonds is 4. The Bertz CT molecular complexity index is 1120. The number of nitrogens with zero attached hydrogens (tertiary/aromatic N) is 1. The van der Waals surface area contributed by atoms with Crippen LogP contribution >= 0.6 is 23.2 Å². The molecule has 6 heteroatoms. The average Bonchev–Trinajstić information content (AvgIpc) is 3.03. The molecule has 1 amide bonds. The van der Waals surface area contributed by atoms with E-state index in [1.807, 2.05) is 24.3 Å². The Hall–Kier alpha value is -2.82. The fourth-order valence-corrected chi connectivity index (χ4v) is 3.68. The van der Waals surface area contributed by atoms with E-state index in [-0.39, 0.29) is 11.5 Å². The van der Waals surface area contributed by atoms with E-state index in [1.54, 1.807) is 36.4 Å². The van der Waals surface area contributed by atoms with E-state index in [0.29, 0.717) is 21.3 Å². The quantitative estimate of drug-likeness (QED) is 0.407. The van der Waals surface area contributed by atoms with Crippen LogP contribution in [0.25, 0.3) is 0 Å². The first-order valence-corrected chi connectivity index (χ1v) is 10.3. The highest BCUT2D eigenvalue weighted by Gasteiger charge is 2.30. The molecule has 3 aromatic carbocycles. The Morgan fingerprint density at radius 2 is 1.47 bits per heavy atom. The highest BCUT2D eigenvalue weighted by Crippen LogP contribution is 2.35. The molecule has 30 heavy (non-hydrogen) atoms. The summed E-state index contributed by atoms with van der Waals surface area (Å²) in [5.74, 6) is 0.563. The van der Waals surface area contributed by atoms with E-state index < -0.39 is 0 Å². The summed E-state index contributed by atoms with van der Waals surface area (Å²) in [6, 6.07) is 20.0. The van der Waals surface area contributed by atoms with Gasteiger partial charge in [-0.05, 0) is 74.0 Å². The molecule has 0 fully saturated rings. The Morgan fingerprint density at radius 1 is 0.900 bits per heavy atom. The lowest BCUT2D eigenvalue weighted by Crippen LogP contribution is -2.24. The highest BCUT2D eigenvalue weighted by molar-refractivity contribution is 6.31. The molecule has 0 saturated heterocycles. The van der Waals surface area contributed by atoms with Crippen LogP contribution in [0.3, 0.4) is 0 Å². The van der Waals surface area contributed by atoms with Crippen LogP contribution in [0, 0.1) is 0 Å². The number of hydrogen-bond acceptors (Lipinski definition) is 3. The van der Waals surface area contributed by atoms with Crippen molar-refractivity contribution in [3.63, 3.8) is 0 Å². The molecule has 4 nitrogen and oxygen atoms in total. The van der Waals surface area contributed by atoms with E-state index in [1.165, 1.54) is 0 Å². The molecule has 1 heterocycles. The van der Waals surface area contributed by atoms with Crippen molar-refractivity contribution in [2.24, 2.45) is 5.10 Å². The van der Waals surface area contributed by atoms with Crippen LogP contribution in [0.1, 0.15) is 40.9 Å². The summed E-state index contributed by atoms with van der Waals surface area (Å²) < 4.78 is 5.98. The van der Waals surface area contributed by atoms with Gasteiger partial charge in [-0.2, -0.15) is 5.10 Å². The van der Waals surface area contributed by atoms with Crippen molar-refractivity contribution < 1.29 is 9.53 Å². The molecule has 1 aliphatic heterocycles. The molecule has 4 rings (SSSR count). The minimum atomic E-state index is -0.316. The number of ether oxygens (including phenoxy) is 1. The minimum Gasteiger partial charge on any atom is -0.487 e. The lowest BCUT2D eigenvalue weighted by Gasteiger charge is -2.16. The molecule has 1 aliphatic rings. The predicted molar refractivity (Wildman–Crippen MR) is 121 cm³/mol. The van der Waals surface area contributed by atoms with Crippen molar-refractivity contribution in [2.45, 2.75) is 25.9 Å². The number of nitrogens with one attached hydrogen (secondary N) is 1. The molecule has 0 radical (unpaired) electrons. The number of carbonyl (C=O) groups excluding carboxylic acids is 1. The first-order chi connectivity index (χ1) is 14.3. The second-order valence-corrected chi connectivity index (χ2v) is 8.65. The van der Waals surface area contributed by atoms with Crippen LogP contribution in [0.15, 0.2) is 71.8 Å². The van der Waals surface area contributed by atoms with E-state index in [0.717, 1.165) is 28.9 Å². The van der Waals surface area contributed by atoms with Gasteiger partial charge >= 0.3 is 0 Å². The molecule has 1 N–H and O–H groups in total. The average molecular weight is 439 g/mol. The number of hydrogen-bond donors (Lipinski definition) is 1. The third-order valence-electron chi connectivity index (χ3n) is 4.83. The largest absolute Gasteiger partial charge is 0.487 e. The van der Waals surface area contributed by atoms with Gasteiger partial charge in [0.1, 0.15) is 11.4 Å². The summed E-state index contributed by atoms with van der Waals surface area (Å²) in [6.07, 6.45) is 0.807. The summed E-state index contributed by atoms with van der Waals surface area (Å²) >= 11 is 12.0. The second kappa shape index (κ2) is 8.13. The van der Waals surface area contributed by atoms with Crippen molar-refractivity contribution >= 4 is 34.8 Å². The summed E-state index contributed by atoms with van der Waals surface area (Å²) in [6.45, 7) is 4.13. The van der Waals surface area contributed by atoms with Crippen molar-refractivity contribution in [3.8, 4) is 5.75 Å². The van der Waals surface area contributed by atoms with Crippen LogP contribution in [-0.4, -0.2) is 17.2 Å². The SMILES string of the molecule is CC1(C)Cc2cc(C(=NNC(=O)c3ccc(Cl)cc3)c3ccc(Cl)cc3)ccc2O1. The molecular weight excluding hydrogens is 419 g/mol. The highest BCUT2D eigenvalue weighted by atomic mass is 35.5. The van der Waals surface area contributed by atoms with Gasteiger partial charge in [-0.1, -0.05) is 35.3 Å². The summed E-state index contributed by atoms with van der Waals surface area (Å²) in [4.78, 5) is 12.5. The van der Waals surface area contributed by atoms with Gasteiger partial charge in [-0.25, -0.2) is 5.43 Å². The van der Waals surface area contributed by atoms with Gasteiger partial charge in [-0.15, -0.1) is 0 Å². The number of benzene rings is 3. The molecule has 0 atom stereocenters. The molecule has 0 saturated carbocycles. The number of carbonyl (C=O) groups is 1. The molecule has 0 aliphatic carbocycles. The zero-order valence-electron chi connectivity index (χ0n) is 16.6. The summed E-state index contributed by atoms with van der Waals surface area (Å²) in [5.41, 5.74) is 6.37. The molecule has 3 aromatic rings. The van der Waals surface area contributed by atoms with Crippen molar-refractivity contribution in [1.82, 2.24) is 5.43 Å². The van der Waals surface area contributed by atoms with Gasteiger partial charge in [0.25, 0.3) is 5.91 Å². The first-order valence-electron chi connectivity index (χ1n) is 9.53. The fourth-order valence-electron chi connectivity index (χ4n) is 3.43. The van der Waals surface area contributed by atoms with E-state index in [9.17, 15) is 4.79 Å². The van der Waals surface area contributed by atoms with E-state index >= 15 is 0 Å². The molecule has 152 valence electrons. The number of halogens is 2. The Kier molecular flexibility index (Phi) is 5.54. The van der Waals surface area contributed by atoms with Gasteiger partial charge in [-0.3, -0.25) is 4.79 Å². The van der Waals surface area contributed by atoms with Crippen LogP contribution < -0.4 is 10.2 Å². The Balaban J connectivity index is 1.69. The van der Waals surface area contributed by atoms with Gasteiger partial charge in [0.05, 0.1) is 5.71 Å². The molecule has 0 bridgehead atoms. The Morgan fingerprint density at radius 3 is 2.10 bits per heavy atom. The van der Waals surface area contributed by atoms with Crippen molar-refractivity contribution in [1.29, 1.82) is 0 Å². The summed E-state index contributed by atoms with van der Waals surface area (Å²) in [7, 11) is 0. The van der Waals surface area contributed by atoms with E-state index in [2.05, 4.69) is 30.4 Å². The summed E-state index contributed by atoms with van der Waals surface area (Å²) in [5, 5.41) is 5.66. The smallest absolute Gasteiger partial charge is 0.271 e. The topological polar surface area (TPSA) is 50.7 Å². The van der Waals surface area contributed by atoms with Gasteiger partial charge in [0.15, 0.2) is 0 Å². The van der Waals surface area contributed by atoms with Gasteiger partial charge in [0, 0.05) is 33.2 Å². The molecule has 0 spiro atoms. The predicted octanol–water partition coefficient (Wildman–Crippen LogP) is 5.89. The lowest BCUT2D eigenvalue weighted by molar-refractivity contribution is 0.0955. The molecular formula is C24H20Cl2N2O2. The number of fused-ring (bicyclic) bond motifs is 1. The monoisotopic (exact) mass is 438 g/mol. The third-order valence-corrected chi connectivity index (χ3v) is 5.33. The van der Waals surface area contributed by atoms with Crippen LogP contribution in [0.4, 0.5) is 0 Å². The normalized spacial score (nSPS) is 14.7. The molecule has 0 unspecified atom stereocenters. The number of amides is 1. The second-order valence-electron chi connectivity index (χ2n) is 7.78. The van der Waals surface area contributed by atoms with Crippen molar-refractivity contribution in [3.05, 3.63) is 99.0 Å². The zero-order valence-corrected chi connectivity index (χ0v) is 18.1. The first kappa shape index (κ1) is 20.5. The number of hydrazone groups is 1. The maximum absolute atomic E-state index is 12.5. The van der Waals surface area contributed by atoms with Gasteiger partial charge in [0.2, 0.25) is 0 Å². The molecule has 0 aromatic heterocycles. The standard InChI is InChI=1S/C24H20Cl2N2O2/c1-24(2)14-18-13-17(7-12-21(18)30-24)22(15-3-8-19(25)9-4-15)27-28-23(29)16-5-10-20(26)11-6-16/h3-13H,14H2,1-2H3,(H,28,29). The maximum Gasteiger partial charge on any atom is 0.271 e. The van der Waals surface area contributed by atoms with Gasteiger partial charge < -0.3 is 4.74 Å². The lowest BCUT2D eigenvalue weighted by atomic mass is 9.96. The minimum absolute atomic E-state index is 0.235. The zero-order chi connectivity index (χ0) is 21.3. The van der Waals surface area contributed by atoms with E-state index in [4.69, 9.17) is 27.9 Å². The van der Waals surface area contributed by atoms with Crippen LogP contribution in [0.5, 0.6) is 5.75 Å². The Labute approximate surface area is 185 Å². The van der Waals surface area contributed by atoms with Crippen LogP contribution in [0.2, 0.25) is 10.0 Å². The fraction of sp³-hybridized carbons (Fsp3) is 0.167. The van der Waals surface area contributed by atoms with Crippen molar-refractivity contribution in [2.75, 3.05) is 0 Å². The maximum atomic E-state index is 12.5.